The Morgan fingerprint density at radius 3 is 2.35 bits per heavy atom. The average molecular weight is 359 g/mol. The van der Waals surface area contributed by atoms with E-state index in [1.807, 2.05) is 0 Å². The van der Waals surface area contributed by atoms with Crippen molar-refractivity contribution in [1.29, 1.82) is 0 Å². The van der Waals surface area contributed by atoms with E-state index < -0.39 is 17.6 Å². The number of aromatic nitrogens is 2. The van der Waals surface area contributed by atoms with Gasteiger partial charge in [-0.2, -0.15) is 0 Å². The first-order chi connectivity index (χ1) is 12.3. The fourth-order valence-electron chi connectivity index (χ4n) is 3.16. The first-order valence-corrected chi connectivity index (χ1v) is 8.18. The Labute approximate surface area is 148 Å². The molecule has 0 aliphatic carbocycles. The quantitative estimate of drug-likeness (QED) is 0.777. The van der Waals surface area contributed by atoms with Crippen LogP contribution < -0.4 is 11.0 Å². The second-order valence-corrected chi connectivity index (χ2v) is 6.39. The van der Waals surface area contributed by atoms with E-state index in [-0.39, 0.29) is 23.6 Å². The van der Waals surface area contributed by atoms with Crippen molar-refractivity contribution in [2.24, 2.45) is 14.1 Å². The molecule has 0 fully saturated rings. The highest BCUT2D eigenvalue weighted by Gasteiger charge is 2.19. The lowest BCUT2D eigenvalue weighted by molar-refractivity contribution is -0.116. The van der Waals surface area contributed by atoms with Gasteiger partial charge in [-0.1, -0.05) is 13.0 Å². The van der Waals surface area contributed by atoms with E-state index in [1.165, 1.54) is 27.3 Å². The highest BCUT2D eigenvalue weighted by molar-refractivity contribution is 5.93. The summed E-state index contributed by atoms with van der Waals surface area (Å²) in [6, 6.07) is 8.77. The molecule has 0 radical (unpaired) electrons. The van der Waals surface area contributed by atoms with Crippen LogP contribution in [0, 0.1) is 11.6 Å². The monoisotopic (exact) mass is 359 g/mol. The SMILES string of the molecule is CC(CC(=O)Nc1ccc2c(c1)n(C)c(=O)n2C)c1c(F)cccc1F. The zero-order chi connectivity index (χ0) is 19.0. The molecule has 1 heterocycles. The lowest BCUT2D eigenvalue weighted by Crippen LogP contribution is -2.19. The van der Waals surface area contributed by atoms with Crippen molar-refractivity contribution >= 4 is 22.6 Å². The molecule has 0 saturated carbocycles. The van der Waals surface area contributed by atoms with Gasteiger partial charge in [0, 0.05) is 31.8 Å². The first kappa shape index (κ1) is 17.8. The van der Waals surface area contributed by atoms with Crippen LogP contribution in [0.25, 0.3) is 11.0 Å². The minimum absolute atomic E-state index is 0.0659. The number of nitrogens with zero attached hydrogens (tertiary/aromatic N) is 2. The fraction of sp³-hybridized carbons (Fsp3) is 0.263. The molecule has 1 atom stereocenters. The summed E-state index contributed by atoms with van der Waals surface area (Å²) in [6.45, 7) is 1.60. The van der Waals surface area contributed by atoms with E-state index in [0.29, 0.717) is 11.2 Å². The summed E-state index contributed by atoms with van der Waals surface area (Å²) >= 11 is 0. The third-order valence-electron chi connectivity index (χ3n) is 4.54. The number of rotatable bonds is 4. The Balaban J connectivity index is 1.79. The van der Waals surface area contributed by atoms with Crippen LogP contribution in [0.4, 0.5) is 14.5 Å². The van der Waals surface area contributed by atoms with Gasteiger partial charge in [0.15, 0.2) is 0 Å². The number of aryl methyl sites for hydroxylation is 2. The third kappa shape index (κ3) is 3.12. The van der Waals surface area contributed by atoms with Crippen LogP contribution in [0.3, 0.4) is 0 Å². The van der Waals surface area contributed by atoms with Gasteiger partial charge in [-0.15, -0.1) is 0 Å². The number of nitrogens with one attached hydrogen (secondary N) is 1. The molecule has 0 bridgehead atoms. The molecule has 3 rings (SSSR count). The Bertz CT molecular complexity index is 1030. The number of halogens is 2. The molecule has 1 unspecified atom stereocenters. The Hall–Kier alpha value is -2.96. The third-order valence-corrected chi connectivity index (χ3v) is 4.54. The number of benzene rings is 2. The molecule has 1 aromatic heterocycles. The predicted octanol–water partition coefficient (Wildman–Crippen LogP) is 3.29. The number of carbonyl (C=O) groups excluding carboxylic acids is 1. The molecule has 0 aliphatic heterocycles. The van der Waals surface area contributed by atoms with Gasteiger partial charge in [-0.25, -0.2) is 13.6 Å². The van der Waals surface area contributed by atoms with E-state index in [1.54, 1.807) is 39.2 Å². The molecule has 7 heteroatoms. The van der Waals surface area contributed by atoms with E-state index in [2.05, 4.69) is 5.32 Å². The molecule has 136 valence electrons. The Kier molecular flexibility index (Phi) is 4.63. The highest BCUT2D eigenvalue weighted by Crippen LogP contribution is 2.26. The molecule has 0 aliphatic rings. The summed E-state index contributed by atoms with van der Waals surface area (Å²) in [5, 5.41) is 2.72. The van der Waals surface area contributed by atoms with Crippen LogP contribution >= 0.6 is 0 Å². The number of carbonyl (C=O) groups is 1. The van der Waals surface area contributed by atoms with Crippen LogP contribution in [-0.2, 0) is 18.9 Å². The molecule has 5 nitrogen and oxygen atoms in total. The molecule has 0 spiro atoms. The van der Waals surface area contributed by atoms with Crippen molar-refractivity contribution in [3.8, 4) is 0 Å². The van der Waals surface area contributed by atoms with Gasteiger partial charge in [0.2, 0.25) is 5.91 Å². The highest BCUT2D eigenvalue weighted by atomic mass is 19.1. The van der Waals surface area contributed by atoms with Crippen LogP contribution in [0.15, 0.2) is 41.2 Å². The van der Waals surface area contributed by atoms with Gasteiger partial charge in [-0.3, -0.25) is 13.9 Å². The van der Waals surface area contributed by atoms with Crippen LogP contribution in [-0.4, -0.2) is 15.0 Å². The maximum absolute atomic E-state index is 13.8. The zero-order valence-corrected chi connectivity index (χ0v) is 14.7. The summed E-state index contributed by atoms with van der Waals surface area (Å²) < 4.78 is 30.7. The maximum atomic E-state index is 13.8. The minimum atomic E-state index is -0.661. The number of hydrogen-bond donors (Lipinski definition) is 1. The van der Waals surface area contributed by atoms with Crippen LogP contribution in [0.1, 0.15) is 24.8 Å². The molecule has 1 amide bonds. The predicted molar refractivity (Wildman–Crippen MR) is 96.2 cm³/mol. The molecule has 1 N–H and O–H groups in total. The summed E-state index contributed by atoms with van der Waals surface area (Å²) in [6.07, 6.45) is -0.0659. The number of anilines is 1. The van der Waals surface area contributed by atoms with Crippen LogP contribution in [0.5, 0.6) is 0 Å². The standard InChI is InChI=1S/C19H19F2N3O2/c1-11(18-13(20)5-4-6-14(18)21)9-17(25)22-12-7-8-15-16(10-12)24(3)19(26)23(15)2/h4-8,10-11H,9H2,1-3H3,(H,22,25). The smallest absolute Gasteiger partial charge is 0.326 e. The topological polar surface area (TPSA) is 56.0 Å². The van der Waals surface area contributed by atoms with E-state index in [9.17, 15) is 18.4 Å². The van der Waals surface area contributed by atoms with Gasteiger partial charge in [0.25, 0.3) is 0 Å². The zero-order valence-electron chi connectivity index (χ0n) is 14.7. The van der Waals surface area contributed by atoms with Gasteiger partial charge < -0.3 is 5.32 Å². The van der Waals surface area contributed by atoms with E-state index in [0.717, 1.165) is 5.52 Å². The summed E-state index contributed by atoms with van der Waals surface area (Å²) in [4.78, 5) is 24.2. The van der Waals surface area contributed by atoms with E-state index in [4.69, 9.17) is 0 Å². The molecule has 2 aromatic carbocycles. The lowest BCUT2D eigenvalue weighted by atomic mass is 9.96. The Morgan fingerprint density at radius 1 is 1.08 bits per heavy atom. The normalized spacial score (nSPS) is 12.3. The Morgan fingerprint density at radius 2 is 1.69 bits per heavy atom. The number of amides is 1. The molecular formula is C19H19F2N3O2. The fourth-order valence-corrected chi connectivity index (χ4v) is 3.16. The van der Waals surface area contributed by atoms with Crippen molar-refractivity contribution in [1.82, 2.24) is 9.13 Å². The van der Waals surface area contributed by atoms with Crippen molar-refractivity contribution in [3.05, 3.63) is 64.1 Å². The van der Waals surface area contributed by atoms with Gasteiger partial charge >= 0.3 is 5.69 Å². The summed E-state index contributed by atoms with van der Waals surface area (Å²) in [5.74, 6) is -2.29. The van der Waals surface area contributed by atoms with Crippen molar-refractivity contribution in [2.75, 3.05) is 5.32 Å². The van der Waals surface area contributed by atoms with Crippen LogP contribution in [0.2, 0.25) is 0 Å². The van der Waals surface area contributed by atoms with Crippen molar-refractivity contribution < 1.29 is 13.6 Å². The summed E-state index contributed by atoms with van der Waals surface area (Å²) in [5.41, 5.74) is 1.70. The first-order valence-electron chi connectivity index (χ1n) is 8.18. The van der Waals surface area contributed by atoms with Crippen molar-refractivity contribution in [2.45, 2.75) is 19.3 Å². The van der Waals surface area contributed by atoms with Gasteiger partial charge in [0.1, 0.15) is 11.6 Å². The second-order valence-electron chi connectivity index (χ2n) is 6.39. The molecule has 3 aromatic rings. The number of fused-ring (bicyclic) bond motifs is 1. The van der Waals surface area contributed by atoms with Crippen molar-refractivity contribution in [3.63, 3.8) is 0 Å². The number of hydrogen-bond acceptors (Lipinski definition) is 2. The maximum Gasteiger partial charge on any atom is 0.328 e. The molecule has 26 heavy (non-hydrogen) atoms. The average Bonchev–Trinajstić information content (AvgIpc) is 2.79. The molecular weight excluding hydrogens is 340 g/mol. The largest absolute Gasteiger partial charge is 0.328 e. The van der Waals surface area contributed by atoms with Gasteiger partial charge in [0.05, 0.1) is 11.0 Å². The van der Waals surface area contributed by atoms with E-state index >= 15 is 0 Å². The minimum Gasteiger partial charge on any atom is -0.326 e. The summed E-state index contributed by atoms with van der Waals surface area (Å²) in [7, 11) is 3.33. The molecule has 0 saturated heterocycles. The van der Waals surface area contributed by atoms with Gasteiger partial charge in [-0.05, 0) is 36.2 Å². The second kappa shape index (κ2) is 6.74. The lowest BCUT2D eigenvalue weighted by Gasteiger charge is -2.14. The number of imidazole rings is 1.